The molecule has 258 valence electrons. The fourth-order valence-electron chi connectivity index (χ4n) is 6.32. The molecule has 2 saturated heterocycles. The van der Waals surface area contributed by atoms with Gasteiger partial charge in [0.05, 0.1) is 11.0 Å². The maximum atomic E-state index is 12.4. The van der Waals surface area contributed by atoms with Crippen LogP contribution in [0.25, 0.3) is 44.1 Å². The van der Waals surface area contributed by atoms with Gasteiger partial charge in [-0.1, -0.05) is 92.4 Å². The number of hydrogen-bond acceptors (Lipinski definition) is 10. The van der Waals surface area contributed by atoms with Crippen LogP contribution in [0, 0.1) is 0 Å². The topological polar surface area (TPSA) is 78.4 Å². The lowest BCUT2D eigenvalue weighted by atomic mass is 10.0. The predicted molar refractivity (Wildman–Crippen MR) is 213 cm³/mol. The van der Waals surface area contributed by atoms with Crippen molar-refractivity contribution in [3.05, 3.63) is 85.2 Å². The van der Waals surface area contributed by atoms with Crippen LogP contribution in [-0.2, 0) is 9.59 Å². The van der Waals surface area contributed by atoms with Gasteiger partial charge in [0.1, 0.15) is 11.5 Å². The molecule has 2 aliphatic heterocycles. The highest BCUT2D eigenvalue weighted by Crippen LogP contribution is 2.41. The van der Waals surface area contributed by atoms with E-state index in [1.165, 1.54) is 37.2 Å². The van der Waals surface area contributed by atoms with Crippen LogP contribution in [-0.4, -0.2) is 43.9 Å². The highest BCUT2D eigenvalue weighted by Gasteiger charge is 2.17. The van der Waals surface area contributed by atoms with Gasteiger partial charge in [0, 0.05) is 69.1 Å². The molecule has 10 heteroatoms. The monoisotopic (exact) mass is 740 g/mol. The molecule has 0 bridgehead atoms. The number of hydrogen-bond donors (Lipinski definition) is 0. The Morgan fingerprint density at radius 2 is 1.02 bits per heavy atom. The molecular weight excluding hydrogens is 701 g/mol. The Morgan fingerprint density at radius 1 is 0.580 bits per heavy atom. The summed E-state index contributed by atoms with van der Waals surface area (Å²) >= 11 is 0. The van der Waals surface area contributed by atoms with Crippen molar-refractivity contribution in [2.24, 2.45) is 0 Å². The van der Waals surface area contributed by atoms with Gasteiger partial charge in [0.2, 0.25) is 0 Å². The SMILES string of the molecule is O=C(CCCCC1CCSS1)Oc1ccc(-c2cnc3c(ccc4cc(-c5ccc(OC(=O)CCCCC6CCSS6)cc5)cnc43)c2)cc1. The maximum absolute atomic E-state index is 12.4. The standard InChI is InChI=1S/C40H40N2O4S4/c43-37(7-3-1-5-35-19-21-47-49-35)45-33-15-11-27(12-16-33)31-23-29-9-10-30-24-32(26-42-40(30)39(29)41-25-31)28-13-17-34(18-14-28)46-38(44)8-4-2-6-36-20-22-48-50-36/h9-18,23-26,35-36H,1-8,19-22H2. The molecule has 2 aromatic heterocycles. The molecule has 0 amide bonds. The van der Waals surface area contributed by atoms with E-state index < -0.39 is 0 Å². The van der Waals surface area contributed by atoms with Crippen LogP contribution in [0.4, 0.5) is 0 Å². The molecule has 5 aromatic rings. The molecule has 50 heavy (non-hydrogen) atoms. The molecule has 3 aromatic carbocycles. The number of carbonyl (C=O) groups excluding carboxylic acids is 2. The summed E-state index contributed by atoms with van der Waals surface area (Å²) in [7, 11) is 7.90. The Kier molecular flexibility index (Phi) is 12.2. The second-order valence-corrected chi connectivity index (χ2v) is 18.4. The zero-order valence-electron chi connectivity index (χ0n) is 27.9. The number of benzene rings is 3. The lowest BCUT2D eigenvalue weighted by Crippen LogP contribution is -2.08. The Morgan fingerprint density at radius 3 is 1.42 bits per heavy atom. The zero-order valence-corrected chi connectivity index (χ0v) is 31.1. The van der Waals surface area contributed by atoms with E-state index in [4.69, 9.17) is 19.4 Å². The van der Waals surface area contributed by atoms with Crippen LogP contribution in [0.15, 0.2) is 85.2 Å². The first-order valence-corrected chi connectivity index (χ1v) is 22.2. The normalized spacial score (nSPS) is 17.4. The fraction of sp³-hybridized carbons (Fsp3) is 0.350. The number of unbranched alkanes of at least 4 members (excludes halogenated alkanes) is 2. The number of fused-ring (bicyclic) bond motifs is 3. The van der Waals surface area contributed by atoms with Crippen molar-refractivity contribution in [2.75, 3.05) is 11.5 Å². The van der Waals surface area contributed by atoms with Gasteiger partial charge in [0.15, 0.2) is 0 Å². The van der Waals surface area contributed by atoms with Crippen molar-refractivity contribution >= 4 is 76.9 Å². The molecular formula is C40H40N2O4S4. The second kappa shape index (κ2) is 17.4. The van der Waals surface area contributed by atoms with Crippen LogP contribution < -0.4 is 9.47 Å². The Labute approximate surface area is 309 Å². The molecule has 2 atom stereocenters. The Hall–Kier alpha value is -3.18. The number of aromatic nitrogens is 2. The van der Waals surface area contributed by atoms with E-state index in [9.17, 15) is 9.59 Å². The lowest BCUT2D eigenvalue weighted by molar-refractivity contribution is -0.135. The molecule has 6 nitrogen and oxygen atoms in total. The fourth-order valence-corrected chi connectivity index (χ4v) is 12.4. The van der Waals surface area contributed by atoms with Crippen molar-refractivity contribution in [3.63, 3.8) is 0 Å². The quantitative estimate of drug-likeness (QED) is 0.0361. The first kappa shape index (κ1) is 35.2. The van der Waals surface area contributed by atoms with E-state index >= 15 is 0 Å². The number of rotatable bonds is 14. The summed E-state index contributed by atoms with van der Waals surface area (Å²) < 4.78 is 11.2. The number of carbonyl (C=O) groups is 2. The summed E-state index contributed by atoms with van der Waals surface area (Å²) in [4.78, 5) is 34.4. The van der Waals surface area contributed by atoms with E-state index in [0.29, 0.717) is 24.3 Å². The summed E-state index contributed by atoms with van der Waals surface area (Å²) in [6, 6.07) is 23.7. The molecule has 2 unspecified atom stereocenters. The van der Waals surface area contributed by atoms with Gasteiger partial charge < -0.3 is 9.47 Å². The van der Waals surface area contributed by atoms with Crippen LogP contribution >= 0.6 is 43.2 Å². The van der Waals surface area contributed by atoms with Crippen LogP contribution in [0.5, 0.6) is 11.5 Å². The number of ether oxygens (including phenoxy) is 2. The highest BCUT2D eigenvalue weighted by atomic mass is 33.1. The number of esters is 2. The average Bonchev–Trinajstić information content (AvgIpc) is 3.87. The molecule has 4 heterocycles. The maximum Gasteiger partial charge on any atom is 0.311 e. The predicted octanol–water partition coefficient (Wildman–Crippen LogP) is 11.4. The zero-order chi connectivity index (χ0) is 34.1. The van der Waals surface area contributed by atoms with Gasteiger partial charge in [-0.05, 0) is 86.1 Å². The Balaban J connectivity index is 0.931. The van der Waals surface area contributed by atoms with Crippen molar-refractivity contribution in [2.45, 2.75) is 74.7 Å². The van der Waals surface area contributed by atoms with Gasteiger partial charge in [-0.15, -0.1) is 0 Å². The molecule has 2 fully saturated rings. The largest absolute Gasteiger partial charge is 0.427 e. The Bertz CT molecular complexity index is 1780. The van der Waals surface area contributed by atoms with E-state index in [1.54, 1.807) is 0 Å². The minimum Gasteiger partial charge on any atom is -0.427 e. The smallest absolute Gasteiger partial charge is 0.311 e. The number of pyridine rings is 2. The van der Waals surface area contributed by atoms with E-state index in [1.807, 2.05) is 104 Å². The molecule has 0 aliphatic carbocycles. The third-order valence-electron chi connectivity index (χ3n) is 9.11. The van der Waals surface area contributed by atoms with E-state index in [2.05, 4.69) is 24.3 Å². The molecule has 0 spiro atoms. The third-order valence-corrected chi connectivity index (χ3v) is 15.1. The number of nitrogens with zero attached hydrogens (tertiary/aromatic N) is 2. The van der Waals surface area contributed by atoms with E-state index in [0.717, 1.165) is 80.2 Å². The van der Waals surface area contributed by atoms with Crippen LogP contribution in [0.3, 0.4) is 0 Å². The molecule has 2 aliphatic rings. The van der Waals surface area contributed by atoms with Crippen LogP contribution in [0.2, 0.25) is 0 Å². The van der Waals surface area contributed by atoms with Gasteiger partial charge in [-0.3, -0.25) is 19.6 Å². The summed E-state index contributed by atoms with van der Waals surface area (Å²) in [5.41, 5.74) is 5.66. The van der Waals surface area contributed by atoms with Crippen molar-refractivity contribution in [1.29, 1.82) is 0 Å². The summed E-state index contributed by atoms with van der Waals surface area (Å²) in [6.45, 7) is 0. The van der Waals surface area contributed by atoms with Crippen molar-refractivity contribution in [1.82, 2.24) is 9.97 Å². The minimum absolute atomic E-state index is 0.173. The summed E-state index contributed by atoms with van der Waals surface area (Å²) in [5.74, 6) is 3.28. The summed E-state index contributed by atoms with van der Waals surface area (Å²) in [6.07, 6.45) is 13.5. The molecule has 7 rings (SSSR count). The lowest BCUT2D eigenvalue weighted by Gasteiger charge is -2.10. The third kappa shape index (κ3) is 9.37. The first-order valence-electron chi connectivity index (χ1n) is 17.4. The second-order valence-electron chi connectivity index (χ2n) is 12.8. The molecule has 0 saturated carbocycles. The molecule has 0 radical (unpaired) electrons. The van der Waals surface area contributed by atoms with Gasteiger partial charge in [0.25, 0.3) is 0 Å². The van der Waals surface area contributed by atoms with Gasteiger partial charge >= 0.3 is 11.9 Å². The van der Waals surface area contributed by atoms with Crippen LogP contribution in [0.1, 0.15) is 64.2 Å². The van der Waals surface area contributed by atoms with Crippen molar-refractivity contribution in [3.8, 4) is 33.8 Å². The average molecular weight is 741 g/mol. The van der Waals surface area contributed by atoms with E-state index in [-0.39, 0.29) is 11.9 Å². The van der Waals surface area contributed by atoms with Gasteiger partial charge in [-0.2, -0.15) is 0 Å². The molecule has 0 N–H and O–H groups in total. The first-order chi connectivity index (χ1) is 24.6. The van der Waals surface area contributed by atoms with Gasteiger partial charge in [-0.25, -0.2) is 0 Å². The highest BCUT2D eigenvalue weighted by molar-refractivity contribution is 8.77. The minimum atomic E-state index is -0.173. The summed E-state index contributed by atoms with van der Waals surface area (Å²) in [5, 5.41) is 3.50. The van der Waals surface area contributed by atoms with Crippen molar-refractivity contribution < 1.29 is 19.1 Å².